The number of rotatable bonds is 5. The Morgan fingerprint density at radius 3 is 2.65 bits per heavy atom. The second kappa shape index (κ2) is 8.50. The van der Waals surface area contributed by atoms with E-state index in [0.29, 0.717) is 44.1 Å². The van der Waals surface area contributed by atoms with E-state index >= 15 is 0 Å². The van der Waals surface area contributed by atoms with Gasteiger partial charge in [0.05, 0.1) is 18.4 Å². The number of methoxy groups -OCH3 is 1. The summed E-state index contributed by atoms with van der Waals surface area (Å²) >= 11 is 1.01. The average Bonchev–Trinajstić information content (AvgIpc) is 3.25. The Kier molecular flexibility index (Phi) is 5.93. The topological polar surface area (TPSA) is 101 Å². The molecule has 4 heterocycles. The second-order valence-corrected chi connectivity index (χ2v) is 10.4. The fourth-order valence-corrected chi connectivity index (χ4v) is 6.22. The number of piperazine rings is 1. The molecule has 31 heavy (non-hydrogen) atoms. The van der Waals surface area contributed by atoms with Crippen molar-refractivity contribution in [3.8, 4) is 0 Å². The van der Waals surface area contributed by atoms with Gasteiger partial charge in [-0.25, -0.2) is 18.2 Å². The van der Waals surface area contributed by atoms with Gasteiger partial charge in [0.25, 0.3) is 15.6 Å². The van der Waals surface area contributed by atoms with Gasteiger partial charge in [0.2, 0.25) is 0 Å². The molecule has 1 fully saturated rings. The van der Waals surface area contributed by atoms with Gasteiger partial charge in [-0.15, -0.1) is 11.3 Å². The summed E-state index contributed by atoms with van der Waals surface area (Å²) < 4.78 is 33.5. The van der Waals surface area contributed by atoms with E-state index in [4.69, 9.17) is 0 Å². The molecular weight excluding hydrogens is 440 g/mol. The molecule has 0 saturated carbocycles. The van der Waals surface area contributed by atoms with Crippen molar-refractivity contribution in [2.75, 3.05) is 33.3 Å². The number of aromatic nitrogens is 2. The molecule has 0 amide bonds. The quantitative estimate of drug-likeness (QED) is 0.528. The maximum atomic E-state index is 12.9. The van der Waals surface area contributed by atoms with Crippen LogP contribution < -0.4 is 5.56 Å². The van der Waals surface area contributed by atoms with Crippen molar-refractivity contribution in [1.29, 1.82) is 0 Å². The zero-order valence-corrected chi connectivity index (χ0v) is 18.8. The number of pyridine rings is 1. The number of carbonyl (C=O) groups excluding carboxylic acids is 1. The van der Waals surface area contributed by atoms with Crippen LogP contribution in [-0.2, 0) is 21.3 Å². The summed E-state index contributed by atoms with van der Waals surface area (Å²) in [6.45, 7) is 4.06. The Bertz CT molecular complexity index is 1290. The lowest BCUT2D eigenvalue weighted by molar-refractivity contribution is 0.0601. The highest BCUT2D eigenvalue weighted by Gasteiger charge is 2.30. The molecule has 1 saturated heterocycles. The van der Waals surface area contributed by atoms with Crippen LogP contribution >= 0.6 is 11.3 Å². The number of esters is 1. The molecule has 1 aliphatic rings. The first-order chi connectivity index (χ1) is 14.8. The van der Waals surface area contributed by atoms with Gasteiger partial charge in [0.1, 0.15) is 9.86 Å². The summed E-state index contributed by atoms with van der Waals surface area (Å²) in [5.41, 5.74) is 2.32. The van der Waals surface area contributed by atoms with Crippen molar-refractivity contribution in [2.24, 2.45) is 0 Å². The number of thiophene rings is 1. The van der Waals surface area contributed by atoms with E-state index in [1.165, 1.54) is 33.3 Å². The number of hydrogen-bond acceptors (Lipinski definition) is 8. The number of aryl methyl sites for hydroxylation is 1. The first kappa shape index (κ1) is 21.6. The van der Waals surface area contributed by atoms with Crippen molar-refractivity contribution < 1.29 is 17.9 Å². The molecule has 1 aliphatic heterocycles. The van der Waals surface area contributed by atoms with Crippen LogP contribution in [0.15, 0.2) is 44.8 Å². The van der Waals surface area contributed by atoms with Crippen LogP contribution in [0.1, 0.15) is 21.6 Å². The molecule has 9 nitrogen and oxygen atoms in total. The SMILES string of the molecule is COC(=O)c1csc(S(=O)(=O)N2CCN(Cc3cc(=O)n4cc(C)ccc4n3)CC2)c1. The lowest BCUT2D eigenvalue weighted by Crippen LogP contribution is -2.48. The Morgan fingerprint density at radius 2 is 1.94 bits per heavy atom. The third-order valence-electron chi connectivity index (χ3n) is 5.17. The molecular formula is C20H22N4O5S2. The highest BCUT2D eigenvalue weighted by molar-refractivity contribution is 7.91. The minimum Gasteiger partial charge on any atom is -0.465 e. The van der Waals surface area contributed by atoms with Gasteiger partial charge in [0.15, 0.2) is 0 Å². The van der Waals surface area contributed by atoms with Crippen molar-refractivity contribution in [3.05, 3.63) is 63.0 Å². The van der Waals surface area contributed by atoms with E-state index in [9.17, 15) is 18.0 Å². The van der Waals surface area contributed by atoms with Gasteiger partial charge < -0.3 is 4.74 Å². The van der Waals surface area contributed by atoms with Crippen LogP contribution in [-0.4, -0.2) is 66.3 Å². The van der Waals surface area contributed by atoms with Gasteiger partial charge in [-0.05, 0) is 24.6 Å². The number of carbonyl (C=O) groups is 1. The minimum atomic E-state index is -3.67. The van der Waals surface area contributed by atoms with Gasteiger partial charge >= 0.3 is 5.97 Å². The predicted octanol–water partition coefficient (Wildman–Crippen LogP) is 1.36. The van der Waals surface area contributed by atoms with Gasteiger partial charge in [-0.2, -0.15) is 4.31 Å². The standard InChI is InChI=1S/C20H22N4O5S2/c1-14-3-4-17-21-16(10-18(25)24(17)11-14)12-22-5-7-23(8-6-22)31(27,28)19-9-15(13-30-19)20(26)29-2/h3-4,9-11,13H,5-8,12H2,1-2H3. The van der Waals surface area contributed by atoms with E-state index < -0.39 is 16.0 Å². The van der Waals surface area contributed by atoms with Crippen LogP contribution in [0.5, 0.6) is 0 Å². The fourth-order valence-electron chi connectivity index (χ4n) is 3.50. The van der Waals surface area contributed by atoms with E-state index in [-0.39, 0.29) is 15.3 Å². The van der Waals surface area contributed by atoms with E-state index in [0.717, 1.165) is 16.9 Å². The highest BCUT2D eigenvalue weighted by Crippen LogP contribution is 2.25. The van der Waals surface area contributed by atoms with Gasteiger partial charge in [-0.1, -0.05) is 6.07 Å². The summed E-state index contributed by atoms with van der Waals surface area (Å²) in [5.74, 6) is -0.559. The van der Waals surface area contributed by atoms with Crippen LogP contribution in [0.3, 0.4) is 0 Å². The summed E-state index contributed by atoms with van der Waals surface area (Å²) in [5, 5.41) is 1.49. The molecule has 0 atom stereocenters. The lowest BCUT2D eigenvalue weighted by Gasteiger charge is -2.33. The maximum Gasteiger partial charge on any atom is 0.338 e. The van der Waals surface area contributed by atoms with Crippen molar-refractivity contribution in [1.82, 2.24) is 18.6 Å². The molecule has 3 aromatic heterocycles. The molecule has 0 aliphatic carbocycles. The van der Waals surface area contributed by atoms with Gasteiger partial charge in [0, 0.05) is 50.4 Å². The minimum absolute atomic E-state index is 0.126. The lowest BCUT2D eigenvalue weighted by atomic mass is 10.3. The smallest absolute Gasteiger partial charge is 0.338 e. The third-order valence-corrected chi connectivity index (χ3v) is 8.48. The average molecular weight is 463 g/mol. The Morgan fingerprint density at radius 1 is 1.19 bits per heavy atom. The first-order valence-corrected chi connectivity index (χ1v) is 12.0. The van der Waals surface area contributed by atoms with Crippen LogP contribution in [0, 0.1) is 6.92 Å². The van der Waals surface area contributed by atoms with Crippen LogP contribution in [0.4, 0.5) is 0 Å². The second-order valence-electron chi connectivity index (χ2n) is 7.35. The van der Waals surface area contributed by atoms with Crippen LogP contribution in [0.2, 0.25) is 0 Å². The van der Waals surface area contributed by atoms with E-state index in [1.54, 1.807) is 6.20 Å². The van der Waals surface area contributed by atoms with Crippen molar-refractivity contribution in [3.63, 3.8) is 0 Å². The summed E-state index contributed by atoms with van der Waals surface area (Å²) in [6, 6.07) is 6.60. The van der Waals surface area contributed by atoms with Crippen molar-refractivity contribution >= 4 is 33.0 Å². The van der Waals surface area contributed by atoms with Crippen molar-refractivity contribution in [2.45, 2.75) is 17.7 Å². The van der Waals surface area contributed by atoms with Crippen LogP contribution in [0.25, 0.3) is 5.65 Å². The monoisotopic (exact) mass is 462 g/mol. The molecule has 3 aromatic rings. The number of hydrogen-bond donors (Lipinski definition) is 0. The van der Waals surface area contributed by atoms with Gasteiger partial charge in [-0.3, -0.25) is 14.1 Å². The molecule has 0 N–H and O–H groups in total. The number of fused-ring (bicyclic) bond motifs is 1. The molecule has 11 heteroatoms. The molecule has 0 bridgehead atoms. The molecule has 164 valence electrons. The molecule has 4 rings (SSSR count). The Labute approximate surface area is 183 Å². The highest BCUT2D eigenvalue weighted by atomic mass is 32.2. The Balaban J connectivity index is 1.43. The molecule has 0 aromatic carbocycles. The Hall–Kier alpha value is -2.60. The molecule has 0 spiro atoms. The molecule has 0 unspecified atom stereocenters. The third kappa shape index (κ3) is 4.40. The first-order valence-electron chi connectivity index (χ1n) is 9.66. The summed E-state index contributed by atoms with van der Waals surface area (Å²) in [7, 11) is -2.41. The maximum absolute atomic E-state index is 12.9. The summed E-state index contributed by atoms with van der Waals surface area (Å²) in [6.07, 6.45) is 1.76. The number of sulfonamides is 1. The summed E-state index contributed by atoms with van der Waals surface area (Å²) in [4.78, 5) is 30.6. The predicted molar refractivity (Wildman–Crippen MR) is 116 cm³/mol. The van der Waals surface area contributed by atoms with E-state index in [1.807, 2.05) is 19.1 Å². The van der Waals surface area contributed by atoms with E-state index in [2.05, 4.69) is 14.6 Å². The largest absolute Gasteiger partial charge is 0.465 e. The number of ether oxygens (including phenoxy) is 1. The zero-order chi connectivity index (χ0) is 22.2. The fraction of sp³-hybridized carbons (Fsp3) is 0.350. The normalized spacial score (nSPS) is 15.9. The molecule has 0 radical (unpaired) electrons. The zero-order valence-electron chi connectivity index (χ0n) is 17.1. The number of nitrogens with zero attached hydrogens (tertiary/aromatic N) is 4.